The van der Waals surface area contributed by atoms with Crippen LogP contribution >= 0.6 is 15.9 Å². The number of nitrogens with one attached hydrogen (secondary N) is 1. The van der Waals surface area contributed by atoms with E-state index in [2.05, 4.69) is 26.3 Å². The van der Waals surface area contributed by atoms with Crippen LogP contribution in [0.3, 0.4) is 0 Å². The van der Waals surface area contributed by atoms with Gasteiger partial charge < -0.3 is 5.73 Å². The van der Waals surface area contributed by atoms with Crippen molar-refractivity contribution in [3.8, 4) is 0 Å². The van der Waals surface area contributed by atoms with E-state index in [0.29, 0.717) is 0 Å². The second-order valence-corrected chi connectivity index (χ2v) is 4.97. The van der Waals surface area contributed by atoms with E-state index in [0.717, 1.165) is 27.7 Å². The van der Waals surface area contributed by atoms with Crippen molar-refractivity contribution in [2.24, 2.45) is 5.84 Å². The monoisotopic (exact) mass is 306 g/mol. The normalized spacial score (nSPS) is 12.3. The maximum atomic E-state index is 5.99. The second kappa shape index (κ2) is 5.95. The van der Waals surface area contributed by atoms with E-state index in [-0.39, 0.29) is 6.04 Å². The molecule has 0 saturated carbocycles. The molecular formula is C13H15BrN4. The minimum Gasteiger partial charge on any atom is -0.398 e. The van der Waals surface area contributed by atoms with Gasteiger partial charge in [-0.3, -0.25) is 16.3 Å². The van der Waals surface area contributed by atoms with Gasteiger partial charge in [-0.05, 0) is 47.9 Å². The quantitative estimate of drug-likeness (QED) is 0.460. The van der Waals surface area contributed by atoms with Crippen LogP contribution in [0.4, 0.5) is 5.69 Å². The lowest BCUT2D eigenvalue weighted by atomic mass is 9.99. The number of aromatic nitrogens is 1. The largest absolute Gasteiger partial charge is 0.398 e. The maximum absolute atomic E-state index is 5.99. The number of nitrogens with two attached hydrogens (primary N) is 2. The van der Waals surface area contributed by atoms with E-state index in [1.165, 1.54) is 0 Å². The smallest absolute Gasteiger partial charge is 0.0521 e. The molecule has 2 aromatic rings. The summed E-state index contributed by atoms with van der Waals surface area (Å²) < 4.78 is 0.988. The molecule has 0 aliphatic heterocycles. The Kier molecular flexibility index (Phi) is 4.30. The van der Waals surface area contributed by atoms with Gasteiger partial charge in [0.2, 0.25) is 0 Å². The standard InChI is InChI=1S/C13H15BrN4/c14-10-1-2-12(15)11(8-10)13(18-16)7-9-3-5-17-6-4-9/h1-6,8,13,18H,7,15-16H2. The summed E-state index contributed by atoms with van der Waals surface area (Å²) in [4.78, 5) is 4.00. The molecule has 1 unspecified atom stereocenters. The summed E-state index contributed by atoms with van der Waals surface area (Å²) in [6.45, 7) is 0. The van der Waals surface area contributed by atoms with Crippen molar-refractivity contribution in [1.29, 1.82) is 0 Å². The van der Waals surface area contributed by atoms with Crippen molar-refractivity contribution in [2.75, 3.05) is 5.73 Å². The Morgan fingerprint density at radius 1 is 1.22 bits per heavy atom. The Balaban J connectivity index is 2.26. The highest BCUT2D eigenvalue weighted by atomic mass is 79.9. The summed E-state index contributed by atoms with van der Waals surface area (Å²) in [5.74, 6) is 5.64. The van der Waals surface area contributed by atoms with Crippen LogP contribution in [0.2, 0.25) is 0 Å². The fourth-order valence-corrected chi connectivity index (χ4v) is 2.24. The molecule has 18 heavy (non-hydrogen) atoms. The van der Waals surface area contributed by atoms with Gasteiger partial charge >= 0.3 is 0 Å². The SMILES string of the molecule is NNC(Cc1ccncc1)c1cc(Br)ccc1N. The van der Waals surface area contributed by atoms with Gasteiger partial charge in [-0.25, -0.2) is 0 Å². The lowest BCUT2D eigenvalue weighted by molar-refractivity contribution is 0.553. The number of nitrogen functional groups attached to an aromatic ring is 1. The molecule has 0 amide bonds. The molecule has 5 N–H and O–H groups in total. The van der Waals surface area contributed by atoms with Crippen LogP contribution in [0.15, 0.2) is 47.2 Å². The minimum absolute atomic E-state index is 0.0232. The van der Waals surface area contributed by atoms with Gasteiger partial charge in [-0.15, -0.1) is 0 Å². The highest BCUT2D eigenvalue weighted by Gasteiger charge is 2.13. The zero-order valence-electron chi connectivity index (χ0n) is 9.81. The number of hydrogen-bond acceptors (Lipinski definition) is 4. The van der Waals surface area contributed by atoms with Crippen molar-refractivity contribution in [3.05, 3.63) is 58.3 Å². The van der Waals surface area contributed by atoms with E-state index < -0.39 is 0 Å². The number of rotatable bonds is 4. The number of hydrazine groups is 1. The highest BCUT2D eigenvalue weighted by molar-refractivity contribution is 9.10. The third-order valence-electron chi connectivity index (χ3n) is 2.81. The predicted octanol–water partition coefficient (Wildman–Crippen LogP) is 2.17. The fraction of sp³-hybridized carbons (Fsp3) is 0.154. The average Bonchev–Trinajstić information content (AvgIpc) is 2.40. The van der Waals surface area contributed by atoms with Gasteiger partial charge in [0.1, 0.15) is 0 Å². The lowest BCUT2D eigenvalue weighted by Crippen LogP contribution is -2.30. The molecule has 0 saturated heterocycles. The number of anilines is 1. The van der Waals surface area contributed by atoms with E-state index in [1.54, 1.807) is 12.4 Å². The first-order valence-electron chi connectivity index (χ1n) is 5.60. The van der Waals surface area contributed by atoms with Crippen LogP contribution in [0, 0.1) is 0 Å². The average molecular weight is 307 g/mol. The van der Waals surface area contributed by atoms with E-state index in [4.69, 9.17) is 11.6 Å². The molecule has 0 fully saturated rings. The minimum atomic E-state index is -0.0232. The lowest BCUT2D eigenvalue weighted by Gasteiger charge is -2.18. The first-order chi connectivity index (χ1) is 8.70. The highest BCUT2D eigenvalue weighted by Crippen LogP contribution is 2.26. The van der Waals surface area contributed by atoms with E-state index in [9.17, 15) is 0 Å². The van der Waals surface area contributed by atoms with Crippen LogP contribution in [0.5, 0.6) is 0 Å². The van der Waals surface area contributed by atoms with Crippen LogP contribution in [0.25, 0.3) is 0 Å². The third kappa shape index (κ3) is 3.07. The summed E-state index contributed by atoms with van der Waals surface area (Å²) in [5, 5.41) is 0. The molecule has 1 heterocycles. The molecule has 4 nitrogen and oxygen atoms in total. The topological polar surface area (TPSA) is 77.0 Å². The molecule has 0 radical (unpaired) electrons. The fourth-order valence-electron chi connectivity index (χ4n) is 1.86. The second-order valence-electron chi connectivity index (χ2n) is 4.05. The Hall–Kier alpha value is -1.43. The number of pyridine rings is 1. The van der Waals surface area contributed by atoms with Crippen LogP contribution in [-0.4, -0.2) is 4.98 Å². The third-order valence-corrected chi connectivity index (χ3v) is 3.31. The molecule has 1 aromatic carbocycles. The first kappa shape index (κ1) is 13.0. The molecular weight excluding hydrogens is 292 g/mol. The molecule has 1 atom stereocenters. The van der Waals surface area contributed by atoms with Crippen LogP contribution < -0.4 is 17.0 Å². The van der Waals surface area contributed by atoms with Gasteiger partial charge in [-0.1, -0.05) is 15.9 Å². The number of nitrogens with zero attached hydrogens (tertiary/aromatic N) is 1. The number of benzene rings is 1. The van der Waals surface area contributed by atoms with Gasteiger partial charge in [0.25, 0.3) is 0 Å². The summed E-state index contributed by atoms with van der Waals surface area (Å²) in [5.41, 5.74) is 11.7. The van der Waals surface area contributed by atoms with Crippen molar-refractivity contribution in [3.63, 3.8) is 0 Å². The summed E-state index contributed by atoms with van der Waals surface area (Å²) in [7, 11) is 0. The van der Waals surface area contributed by atoms with Gasteiger partial charge in [0.05, 0.1) is 6.04 Å². The van der Waals surface area contributed by atoms with E-state index in [1.807, 2.05) is 30.3 Å². The zero-order valence-corrected chi connectivity index (χ0v) is 11.4. The molecule has 0 spiro atoms. The summed E-state index contributed by atoms with van der Waals surface area (Å²) >= 11 is 3.45. The molecule has 2 rings (SSSR count). The number of halogens is 1. The first-order valence-corrected chi connectivity index (χ1v) is 6.40. The zero-order chi connectivity index (χ0) is 13.0. The van der Waals surface area contributed by atoms with Gasteiger partial charge in [-0.2, -0.15) is 0 Å². The molecule has 0 bridgehead atoms. The Morgan fingerprint density at radius 3 is 2.61 bits per heavy atom. The van der Waals surface area contributed by atoms with Gasteiger partial charge in [0, 0.05) is 22.6 Å². The van der Waals surface area contributed by atoms with Crippen LogP contribution in [0.1, 0.15) is 17.2 Å². The summed E-state index contributed by atoms with van der Waals surface area (Å²) in [6, 6.07) is 9.69. The van der Waals surface area contributed by atoms with E-state index >= 15 is 0 Å². The van der Waals surface area contributed by atoms with Gasteiger partial charge in [0.15, 0.2) is 0 Å². The number of hydrogen-bond donors (Lipinski definition) is 3. The van der Waals surface area contributed by atoms with Crippen molar-refractivity contribution in [1.82, 2.24) is 10.4 Å². The maximum Gasteiger partial charge on any atom is 0.0521 e. The van der Waals surface area contributed by atoms with Crippen molar-refractivity contribution >= 4 is 21.6 Å². The summed E-state index contributed by atoms with van der Waals surface area (Å²) in [6.07, 6.45) is 4.31. The van der Waals surface area contributed by atoms with Crippen LogP contribution in [-0.2, 0) is 6.42 Å². The Morgan fingerprint density at radius 2 is 1.94 bits per heavy atom. The Labute approximate surface area is 115 Å². The molecule has 1 aromatic heterocycles. The Bertz CT molecular complexity index is 516. The molecule has 0 aliphatic carbocycles. The van der Waals surface area contributed by atoms with Crippen molar-refractivity contribution in [2.45, 2.75) is 12.5 Å². The van der Waals surface area contributed by atoms with Crippen molar-refractivity contribution < 1.29 is 0 Å². The molecule has 5 heteroatoms. The molecule has 94 valence electrons. The predicted molar refractivity (Wildman–Crippen MR) is 76.6 cm³/mol. The molecule has 0 aliphatic rings.